The molecular weight excluding hydrogens is 280 g/mol. The van der Waals surface area contributed by atoms with E-state index < -0.39 is 0 Å². The van der Waals surface area contributed by atoms with Gasteiger partial charge in [0.05, 0.1) is 6.61 Å². The van der Waals surface area contributed by atoms with Gasteiger partial charge in [-0.1, -0.05) is 0 Å². The first-order valence-corrected chi connectivity index (χ1v) is 7.68. The van der Waals surface area contributed by atoms with Gasteiger partial charge in [-0.2, -0.15) is 0 Å². The molecule has 1 aromatic heterocycles. The first kappa shape index (κ1) is 16.7. The molecule has 1 fully saturated rings. The topological polar surface area (TPSA) is 66.5 Å². The number of rotatable bonds is 6. The number of anilines is 1. The molecule has 0 bridgehead atoms. The minimum atomic E-state index is -0.0560. The average Bonchev–Trinajstić information content (AvgIpc) is 2.54. The van der Waals surface area contributed by atoms with Gasteiger partial charge < -0.3 is 20.3 Å². The Morgan fingerprint density at radius 1 is 1.45 bits per heavy atom. The molecule has 2 rings (SSSR count). The van der Waals surface area contributed by atoms with E-state index in [1.54, 1.807) is 25.4 Å². The van der Waals surface area contributed by atoms with Crippen LogP contribution in [0.1, 0.15) is 23.2 Å². The van der Waals surface area contributed by atoms with Crippen LogP contribution < -0.4 is 15.5 Å². The Labute approximate surface area is 132 Å². The van der Waals surface area contributed by atoms with Crippen LogP contribution in [0.15, 0.2) is 18.3 Å². The van der Waals surface area contributed by atoms with Crippen molar-refractivity contribution in [3.8, 4) is 0 Å². The van der Waals surface area contributed by atoms with Gasteiger partial charge in [0.15, 0.2) is 0 Å². The molecular formula is C16H26N4O2. The number of ether oxygens (including phenoxy) is 1. The summed E-state index contributed by atoms with van der Waals surface area (Å²) in [5.74, 6) is 0.723. The molecule has 0 unspecified atom stereocenters. The van der Waals surface area contributed by atoms with Crippen LogP contribution in [0.5, 0.6) is 0 Å². The van der Waals surface area contributed by atoms with E-state index in [4.69, 9.17) is 4.74 Å². The molecule has 1 aromatic rings. The zero-order valence-electron chi connectivity index (χ0n) is 13.7. The summed E-state index contributed by atoms with van der Waals surface area (Å²) in [6.07, 6.45) is 3.69. The van der Waals surface area contributed by atoms with Crippen molar-refractivity contribution >= 4 is 11.7 Å². The normalized spacial score (nSPS) is 17.0. The molecule has 6 heteroatoms. The highest BCUT2D eigenvalue weighted by atomic mass is 16.5. The maximum atomic E-state index is 12.4. The van der Waals surface area contributed by atoms with Crippen LogP contribution in [-0.2, 0) is 4.74 Å². The van der Waals surface area contributed by atoms with Crippen LogP contribution in [0.25, 0.3) is 0 Å². The Hall–Kier alpha value is -1.66. The Bertz CT molecular complexity index is 493. The molecule has 1 saturated heterocycles. The third-order valence-corrected chi connectivity index (χ3v) is 4.20. The molecule has 1 aliphatic rings. The Kier molecular flexibility index (Phi) is 5.74. The van der Waals surface area contributed by atoms with Gasteiger partial charge in [0, 0.05) is 44.9 Å². The van der Waals surface area contributed by atoms with E-state index in [0.717, 1.165) is 31.7 Å². The number of aromatic nitrogens is 1. The third-order valence-electron chi connectivity index (χ3n) is 4.20. The summed E-state index contributed by atoms with van der Waals surface area (Å²) in [6.45, 7) is 3.26. The lowest BCUT2D eigenvalue weighted by molar-refractivity contribution is 0.0511. The molecule has 1 aliphatic heterocycles. The van der Waals surface area contributed by atoms with Gasteiger partial charge in [-0.05, 0) is 38.1 Å². The van der Waals surface area contributed by atoms with Crippen LogP contribution >= 0.6 is 0 Å². The van der Waals surface area contributed by atoms with E-state index >= 15 is 0 Å². The molecule has 2 heterocycles. The zero-order chi connectivity index (χ0) is 16.0. The summed E-state index contributed by atoms with van der Waals surface area (Å²) in [7, 11) is 5.54. The fourth-order valence-electron chi connectivity index (χ4n) is 2.81. The highest BCUT2D eigenvalue weighted by molar-refractivity contribution is 5.94. The molecule has 6 nitrogen and oxygen atoms in total. The number of carbonyl (C=O) groups is 1. The second kappa shape index (κ2) is 7.56. The van der Waals surface area contributed by atoms with Gasteiger partial charge in [-0.25, -0.2) is 4.98 Å². The number of nitrogens with one attached hydrogen (secondary N) is 2. The summed E-state index contributed by atoms with van der Waals surface area (Å²) in [6, 6.07) is 3.55. The minimum Gasteiger partial charge on any atom is -0.384 e. The summed E-state index contributed by atoms with van der Waals surface area (Å²) in [5.41, 5.74) is 0.674. The first-order valence-electron chi connectivity index (χ1n) is 7.68. The van der Waals surface area contributed by atoms with Crippen molar-refractivity contribution in [2.45, 2.75) is 12.8 Å². The minimum absolute atomic E-state index is 0.0348. The molecule has 0 radical (unpaired) electrons. The van der Waals surface area contributed by atoms with Crippen molar-refractivity contribution in [3.05, 3.63) is 23.9 Å². The van der Waals surface area contributed by atoms with Crippen LogP contribution in [0.4, 0.5) is 5.82 Å². The number of amides is 1. The summed E-state index contributed by atoms with van der Waals surface area (Å²) in [5, 5.41) is 6.42. The number of carbonyl (C=O) groups excluding carboxylic acids is 1. The highest BCUT2D eigenvalue weighted by Gasteiger charge is 2.32. The first-order chi connectivity index (χ1) is 10.6. The van der Waals surface area contributed by atoms with Gasteiger partial charge in [-0.3, -0.25) is 4.79 Å². The Balaban J connectivity index is 2.00. The van der Waals surface area contributed by atoms with Gasteiger partial charge in [-0.15, -0.1) is 0 Å². The second-order valence-corrected chi connectivity index (χ2v) is 6.16. The summed E-state index contributed by atoms with van der Waals surface area (Å²) < 4.78 is 5.38. The summed E-state index contributed by atoms with van der Waals surface area (Å²) in [4.78, 5) is 18.5. The highest BCUT2D eigenvalue weighted by Crippen LogP contribution is 2.28. The largest absolute Gasteiger partial charge is 0.384 e. The maximum Gasteiger partial charge on any atom is 0.251 e. The molecule has 122 valence electrons. The smallest absolute Gasteiger partial charge is 0.251 e. The number of hydrogen-bond acceptors (Lipinski definition) is 5. The number of nitrogens with zero attached hydrogens (tertiary/aromatic N) is 2. The van der Waals surface area contributed by atoms with Gasteiger partial charge in [0.1, 0.15) is 5.82 Å². The van der Waals surface area contributed by atoms with Crippen LogP contribution in [-0.4, -0.2) is 58.3 Å². The monoisotopic (exact) mass is 306 g/mol. The summed E-state index contributed by atoms with van der Waals surface area (Å²) >= 11 is 0. The van der Waals surface area contributed by atoms with Gasteiger partial charge in [0.2, 0.25) is 0 Å². The van der Waals surface area contributed by atoms with E-state index in [-0.39, 0.29) is 11.3 Å². The van der Waals surface area contributed by atoms with E-state index in [0.29, 0.717) is 18.7 Å². The number of pyridine rings is 1. The van der Waals surface area contributed by atoms with Gasteiger partial charge >= 0.3 is 0 Å². The predicted octanol–water partition coefficient (Wildman–Crippen LogP) is 0.894. The van der Waals surface area contributed by atoms with Crippen molar-refractivity contribution in [3.63, 3.8) is 0 Å². The lowest BCUT2D eigenvalue weighted by Gasteiger charge is -2.37. The van der Waals surface area contributed by atoms with Crippen molar-refractivity contribution in [2.75, 3.05) is 52.3 Å². The van der Waals surface area contributed by atoms with E-state index in [1.165, 1.54) is 0 Å². The second-order valence-electron chi connectivity index (χ2n) is 6.16. The van der Waals surface area contributed by atoms with Crippen molar-refractivity contribution in [1.82, 2.24) is 15.6 Å². The molecule has 0 aromatic carbocycles. The lowest BCUT2D eigenvalue weighted by Crippen LogP contribution is -2.47. The Morgan fingerprint density at radius 2 is 2.18 bits per heavy atom. The molecule has 0 saturated carbocycles. The molecule has 22 heavy (non-hydrogen) atoms. The quantitative estimate of drug-likeness (QED) is 0.817. The predicted molar refractivity (Wildman–Crippen MR) is 87.3 cm³/mol. The van der Waals surface area contributed by atoms with E-state index in [2.05, 4.69) is 15.6 Å². The number of hydrogen-bond donors (Lipinski definition) is 2. The standard InChI is InChI=1S/C16H26N4O2/c1-20(2)14-10-13(4-7-18-14)15(21)19-11-16(12-22-3)5-8-17-9-6-16/h4,7,10,17H,5-6,8-9,11-12H2,1-3H3,(H,19,21). The molecule has 2 N–H and O–H groups in total. The number of piperidine rings is 1. The average molecular weight is 306 g/mol. The SMILES string of the molecule is COCC1(CNC(=O)c2ccnc(N(C)C)c2)CCNCC1. The van der Waals surface area contributed by atoms with E-state index in [1.807, 2.05) is 19.0 Å². The van der Waals surface area contributed by atoms with E-state index in [9.17, 15) is 4.79 Å². The van der Waals surface area contributed by atoms with Crippen LogP contribution in [0.2, 0.25) is 0 Å². The van der Waals surface area contributed by atoms with Crippen LogP contribution in [0, 0.1) is 5.41 Å². The molecule has 1 amide bonds. The van der Waals surface area contributed by atoms with Crippen molar-refractivity contribution in [1.29, 1.82) is 0 Å². The van der Waals surface area contributed by atoms with Gasteiger partial charge in [0.25, 0.3) is 5.91 Å². The Morgan fingerprint density at radius 3 is 2.82 bits per heavy atom. The lowest BCUT2D eigenvalue weighted by atomic mass is 9.79. The third kappa shape index (κ3) is 4.18. The molecule has 0 spiro atoms. The van der Waals surface area contributed by atoms with Crippen molar-refractivity contribution < 1.29 is 9.53 Å². The molecule has 0 atom stereocenters. The zero-order valence-corrected chi connectivity index (χ0v) is 13.7. The molecule has 0 aliphatic carbocycles. The fraction of sp³-hybridized carbons (Fsp3) is 0.625. The fourth-order valence-corrected chi connectivity index (χ4v) is 2.81. The number of methoxy groups -OCH3 is 1. The van der Waals surface area contributed by atoms with Crippen molar-refractivity contribution in [2.24, 2.45) is 5.41 Å². The maximum absolute atomic E-state index is 12.4. The van der Waals surface area contributed by atoms with Crippen LogP contribution in [0.3, 0.4) is 0 Å².